The Morgan fingerprint density at radius 2 is 2.16 bits per heavy atom. The van der Waals surface area contributed by atoms with Gasteiger partial charge in [0, 0.05) is 12.2 Å². The number of rotatable bonds is 3. The van der Waals surface area contributed by atoms with Gasteiger partial charge in [-0.25, -0.2) is 4.79 Å². The molecule has 0 bridgehead atoms. The molecular formula is C13H16N2O4. The number of phenols is 1. The molecule has 0 aliphatic carbocycles. The molecule has 1 aromatic carbocycles. The molecule has 1 saturated heterocycles. The summed E-state index contributed by atoms with van der Waals surface area (Å²) in [7, 11) is 1.95. The number of benzene rings is 1. The highest BCUT2D eigenvalue weighted by Gasteiger charge is 2.26. The lowest BCUT2D eigenvalue weighted by Gasteiger charge is -2.12. The first-order chi connectivity index (χ1) is 8.97. The number of likely N-dealkylation sites (tertiary alicyclic amines) is 1. The van der Waals surface area contributed by atoms with Gasteiger partial charge in [0.1, 0.15) is 11.3 Å². The maximum atomic E-state index is 12.0. The Kier molecular flexibility index (Phi) is 3.71. The van der Waals surface area contributed by atoms with Crippen molar-refractivity contribution in [3.63, 3.8) is 0 Å². The molecule has 0 spiro atoms. The van der Waals surface area contributed by atoms with Gasteiger partial charge in [-0.05, 0) is 38.2 Å². The van der Waals surface area contributed by atoms with Crippen LogP contribution in [0.1, 0.15) is 16.8 Å². The molecule has 1 aliphatic heterocycles. The average Bonchev–Trinajstić information content (AvgIpc) is 2.78. The Bertz CT molecular complexity index is 515. The van der Waals surface area contributed by atoms with Crippen molar-refractivity contribution in [3.8, 4) is 5.75 Å². The molecule has 1 atom stereocenters. The summed E-state index contributed by atoms with van der Waals surface area (Å²) in [4.78, 5) is 24.9. The molecular weight excluding hydrogens is 248 g/mol. The van der Waals surface area contributed by atoms with Crippen LogP contribution in [0.25, 0.3) is 0 Å². The SMILES string of the molecule is CN1CCC(C(=O)Nc2ccc(O)c(C(=O)O)c2)C1. The number of carboxylic acid groups (broad SMARTS) is 1. The average molecular weight is 264 g/mol. The van der Waals surface area contributed by atoms with Crippen LogP contribution < -0.4 is 5.32 Å². The van der Waals surface area contributed by atoms with Crippen molar-refractivity contribution < 1.29 is 19.8 Å². The Labute approximate surface area is 110 Å². The lowest BCUT2D eigenvalue weighted by molar-refractivity contribution is -0.119. The number of nitrogens with zero attached hydrogens (tertiary/aromatic N) is 1. The molecule has 1 heterocycles. The summed E-state index contributed by atoms with van der Waals surface area (Å²) < 4.78 is 0. The van der Waals surface area contributed by atoms with E-state index in [0.717, 1.165) is 13.0 Å². The third kappa shape index (κ3) is 3.03. The van der Waals surface area contributed by atoms with Gasteiger partial charge in [-0.15, -0.1) is 0 Å². The zero-order chi connectivity index (χ0) is 14.0. The van der Waals surface area contributed by atoms with Crippen molar-refractivity contribution in [2.75, 3.05) is 25.5 Å². The van der Waals surface area contributed by atoms with Gasteiger partial charge in [0.25, 0.3) is 0 Å². The molecule has 3 N–H and O–H groups in total. The second-order valence-electron chi connectivity index (χ2n) is 4.77. The van der Waals surface area contributed by atoms with Crippen molar-refractivity contribution in [2.45, 2.75) is 6.42 Å². The highest BCUT2D eigenvalue weighted by Crippen LogP contribution is 2.23. The summed E-state index contributed by atoms with van der Waals surface area (Å²) in [6.07, 6.45) is 0.798. The van der Waals surface area contributed by atoms with Crippen LogP contribution in [-0.2, 0) is 4.79 Å². The topological polar surface area (TPSA) is 89.9 Å². The molecule has 6 nitrogen and oxygen atoms in total. The number of carbonyl (C=O) groups excluding carboxylic acids is 1. The Morgan fingerprint density at radius 3 is 2.74 bits per heavy atom. The van der Waals surface area contributed by atoms with Gasteiger partial charge in [0.2, 0.25) is 5.91 Å². The number of carboxylic acids is 1. The molecule has 1 fully saturated rings. The minimum Gasteiger partial charge on any atom is -0.507 e. The predicted molar refractivity (Wildman–Crippen MR) is 69.3 cm³/mol. The molecule has 1 aliphatic rings. The number of hydrogen-bond donors (Lipinski definition) is 3. The van der Waals surface area contributed by atoms with E-state index in [9.17, 15) is 14.7 Å². The van der Waals surface area contributed by atoms with E-state index in [1.54, 1.807) is 0 Å². The van der Waals surface area contributed by atoms with Crippen LogP contribution >= 0.6 is 0 Å². The van der Waals surface area contributed by atoms with E-state index in [-0.39, 0.29) is 23.1 Å². The number of hydrogen-bond acceptors (Lipinski definition) is 4. The van der Waals surface area contributed by atoms with Crippen LogP contribution in [0.2, 0.25) is 0 Å². The number of nitrogens with one attached hydrogen (secondary N) is 1. The lowest BCUT2D eigenvalue weighted by atomic mass is 10.1. The second-order valence-corrected chi connectivity index (χ2v) is 4.77. The van der Waals surface area contributed by atoms with E-state index in [4.69, 9.17) is 5.11 Å². The summed E-state index contributed by atoms with van der Waals surface area (Å²) in [5.74, 6) is -1.74. The van der Waals surface area contributed by atoms with Crippen molar-refractivity contribution in [1.82, 2.24) is 4.90 Å². The summed E-state index contributed by atoms with van der Waals surface area (Å²) in [5.41, 5.74) is 0.163. The molecule has 0 saturated carbocycles. The maximum absolute atomic E-state index is 12.0. The number of amides is 1. The number of aromatic carboxylic acids is 1. The quantitative estimate of drug-likeness (QED) is 0.708. The first-order valence-electron chi connectivity index (χ1n) is 6.03. The van der Waals surface area contributed by atoms with E-state index in [0.29, 0.717) is 12.2 Å². The molecule has 2 rings (SSSR count). The predicted octanol–water partition coefficient (Wildman–Crippen LogP) is 0.981. The fourth-order valence-electron chi connectivity index (χ4n) is 2.18. The van der Waals surface area contributed by atoms with Crippen LogP contribution in [0.5, 0.6) is 5.75 Å². The standard InChI is InChI=1S/C13H16N2O4/c1-15-5-4-8(7-15)12(17)14-9-2-3-11(16)10(6-9)13(18)19/h2-3,6,8,16H,4-5,7H2,1H3,(H,14,17)(H,18,19). The first kappa shape index (κ1) is 13.4. The molecule has 0 radical (unpaired) electrons. The minimum absolute atomic E-state index is 0.0768. The fourth-order valence-corrected chi connectivity index (χ4v) is 2.18. The van der Waals surface area contributed by atoms with Gasteiger partial charge in [-0.1, -0.05) is 0 Å². The van der Waals surface area contributed by atoms with Crippen LogP contribution in [0.4, 0.5) is 5.69 Å². The number of carbonyl (C=O) groups is 2. The van der Waals surface area contributed by atoms with Crippen molar-refractivity contribution in [3.05, 3.63) is 23.8 Å². The second kappa shape index (κ2) is 5.27. The van der Waals surface area contributed by atoms with E-state index in [2.05, 4.69) is 10.2 Å². The fraction of sp³-hybridized carbons (Fsp3) is 0.385. The van der Waals surface area contributed by atoms with Crippen LogP contribution in [-0.4, -0.2) is 47.1 Å². The molecule has 6 heteroatoms. The van der Waals surface area contributed by atoms with Crippen molar-refractivity contribution >= 4 is 17.6 Å². The van der Waals surface area contributed by atoms with E-state index < -0.39 is 5.97 Å². The van der Waals surface area contributed by atoms with Gasteiger partial charge in [-0.3, -0.25) is 4.79 Å². The summed E-state index contributed by atoms with van der Waals surface area (Å²) in [6.45, 7) is 1.59. The highest BCUT2D eigenvalue weighted by molar-refractivity contribution is 5.96. The Hall–Kier alpha value is -2.08. The molecule has 19 heavy (non-hydrogen) atoms. The zero-order valence-corrected chi connectivity index (χ0v) is 10.6. The summed E-state index contributed by atoms with van der Waals surface area (Å²) in [5, 5.41) is 21.0. The third-order valence-corrected chi connectivity index (χ3v) is 3.26. The molecule has 1 amide bonds. The summed E-state index contributed by atoms with van der Waals surface area (Å²) >= 11 is 0. The molecule has 1 unspecified atom stereocenters. The molecule has 102 valence electrons. The zero-order valence-electron chi connectivity index (χ0n) is 10.6. The first-order valence-corrected chi connectivity index (χ1v) is 6.03. The molecule has 1 aromatic rings. The molecule has 0 aromatic heterocycles. The van der Waals surface area contributed by atoms with E-state index in [1.807, 2.05) is 7.05 Å². The monoisotopic (exact) mass is 264 g/mol. The van der Waals surface area contributed by atoms with Crippen molar-refractivity contribution in [1.29, 1.82) is 0 Å². The van der Waals surface area contributed by atoms with Crippen LogP contribution in [0, 0.1) is 5.92 Å². The maximum Gasteiger partial charge on any atom is 0.339 e. The largest absolute Gasteiger partial charge is 0.507 e. The van der Waals surface area contributed by atoms with Gasteiger partial charge < -0.3 is 20.4 Å². The van der Waals surface area contributed by atoms with Gasteiger partial charge in [0.05, 0.1) is 5.92 Å². The Balaban J connectivity index is 2.09. The van der Waals surface area contributed by atoms with Gasteiger partial charge in [0.15, 0.2) is 0 Å². The minimum atomic E-state index is -1.23. The highest BCUT2D eigenvalue weighted by atomic mass is 16.4. The van der Waals surface area contributed by atoms with Gasteiger partial charge >= 0.3 is 5.97 Å². The van der Waals surface area contributed by atoms with Crippen LogP contribution in [0.3, 0.4) is 0 Å². The Morgan fingerprint density at radius 1 is 1.42 bits per heavy atom. The number of anilines is 1. The normalized spacial score (nSPS) is 19.3. The lowest BCUT2D eigenvalue weighted by Crippen LogP contribution is -2.25. The number of aromatic hydroxyl groups is 1. The van der Waals surface area contributed by atoms with E-state index in [1.165, 1.54) is 18.2 Å². The van der Waals surface area contributed by atoms with Crippen molar-refractivity contribution in [2.24, 2.45) is 5.92 Å². The van der Waals surface area contributed by atoms with E-state index >= 15 is 0 Å². The van der Waals surface area contributed by atoms with Gasteiger partial charge in [-0.2, -0.15) is 0 Å². The summed E-state index contributed by atoms with van der Waals surface area (Å²) in [6, 6.07) is 4.01. The third-order valence-electron chi connectivity index (χ3n) is 3.26. The smallest absolute Gasteiger partial charge is 0.339 e. The van der Waals surface area contributed by atoms with Crippen LogP contribution in [0.15, 0.2) is 18.2 Å².